The standard InChI is InChI=1S/C10H8N2O3/c13-9(14)5-8-6-15-12-10(8)7-1-3-11-4-2-7/h1-4,6H,5H2,(H,13,14). The number of carbonyl (C=O) groups is 1. The molecule has 0 aromatic carbocycles. The highest BCUT2D eigenvalue weighted by molar-refractivity contribution is 5.74. The third-order valence-electron chi connectivity index (χ3n) is 1.94. The average molecular weight is 204 g/mol. The van der Waals surface area contributed by atoms with Gasteiger partial charge in [-0.05, 0) is 12.1 Å². The Balaban J connectivity index is 2.37. The molecule has 0 amide bonds. The van der Waals surface area contributed by atoms with Gasteiger partial charge in [0, 0.05) is 23.5 Å². The van der Waals surface area contributed by atoms with E-state index in [0.717, 1.165) is 5.56 Å². The molecule has 0 fully saturated rings. The molecule has 2 rings (SSSR count). The molecular formula is C10H8N2O3. The number of carboxylic acids is 1. The summed E-state index contributed by atoms with van der Waals surface area (Å²) in [7, 11) is 0. The molecule has 0 atom stereocenters. The van der Waals surface area contributed by atoms with Crippen LogP contribution in [0.2, 0.25) is 0 Å². The van der Waals surface area contributed by atoms with Crippen molar-refractivity contribution < 1.29 is 14.4 Å². The van der Waals surface area contributed by atoms with Gasteiger partial charge in [0.15, 0.2) is 0 Å². The number of aliphatic carboxylic acids is 1. The van der Waals surface area contributed by atoms with Gasteiger partial charge in [-0.1, -0.05) is 5.16 Å². The molecule has 2 aromatic rings. The van der Waals surface area contributed by atoms with Crippen LogP contribution < -0.4 is 0 Å². The molecule has 0 aliphatic rings. The van der Waals surface area contributed by atoms with E-state index in [2.05, 4.69) is 10.1 Å². The normalized spacial score (nSPS) is 10.1. The van der Waals surface area contributed by atoms with Crippen LogP contribution in [0.4, 0.5) is 0 Å². The lowest BCUT2D eigenvalue weighted by Gasteiger charge is -1.97. The van der Waals surface area contributed by atoms with Crippen molar-refractivity contribution in [1.82, 2.24) is 10.1 Å². The van der Waals surface area contributed by atoms with Crippen LogP contribution in [-0.4, -0.2) is 21.2 Å². The Bertz CT molecular complexity index is 465. The zero-order valence-corrected chi connectivity index (χ0v) is 7.75. The number of pyridine rings is 1. The first-order chi connectivity index (χ1) is 7.27. The van der Waals surface area contributed by atoms with Gasteiger partial charge in [-0.25, -0.2) is 0 Å². The van der Waals surface area contributed by atoms with Gasteiger partial charge < -0.3 is 9.63 Å². The Hall–Kier alpha value is -2.17. The Morgan fingerprint density at radius 1 is 1.40 bits per heavy atom. The average Bonchev–Trinajstić information content (AvgIpc) is 2.66. The van der Waals surface area contributed by atoms with E-state index in [0.29, 0.717) is 11.3 Å². The molecule has 5 nitrogen and oxygen atoms in total. The van der Waals surface area contributed by atoms with Crippen LogP contribution in [0.5, 0.6) is 0 Å². The topological polar surface area (TPSA) is 76.2 Å². The molecule has 0 radical (unpaired) electrons. The van der Waals surface area contributed by atoms with Gasteiger partial charge >= 0.3 is 5.97 Å². The fourth-order valence-corrected chi connectivity index (χ4v) is 1.29. The summed E-state index contributed by atoms with van der Waals surface area (Å²) in [6.07, 6.45) is 4.49. The molecule has 0 spiro atoms. The van der Waals surface area contributed by atoms with Crippen molar-refractivity contribution in [3.05, 3.63) is 36.4 Å². The first-order valence-electron chi connectivity index (χ1n) is 4.33. The van der Waals surface area contributed by atoms with Gasteiger partial charge in [-0.3, -0.25) is 9.78 Å². The number of hydrogen-bond donors (Lipinski definition) is 1. The Morgan fingerprint density at radius 2 is 2.13 bits per heavy atom. The predicted molar refractivity (Wildman–Crippen MR) is 51.1 cm³/mol. The van der Waals surface area contributed by atoms with Crippen LogP contribution in [0.25, 0.3) is 11.3 Å². The Labute approximate surface area is 85.4 Å². The molecule has 76 valence electrons. The molecular weight excluding hydrogens is 196 g/mol. The summed E-state index contributed by atoms with van der Waals surface area (Å²) in [5.74, 6) is -0.909. The van der Waals surface area contributed by atoms with Crippen molar-refractivity contribution in [3.63, 3.8) is 0 Å². The van der Waals surface area contributed by atoms with E-state index in [4.69, 9.17) is 9.63 Å². The Morgan fingerprint density at radius 3 is 2.80 bits per heavy atom. The zero-order valence-electron chi connectivity index (χ0n) is 7.75. The van der Waals surface area contributed by atoms with E-state index in [-0.39, 0.29) is 6.42 Å². The second kappa shape index (κ2) is 3.91. The van der Waals surface area contributed by atoms with Crippen molar-refractivity contribution in [2.75, 3.05) is 0 Å². The first kappa shape index (κ1) is 9.39. The molecule has 5 heteroatoms. The molecule has 0 aliphatic carbocycles. The predicted octanol–water partition coefficient (Wildman–Crippen LogP) is 1.36. The molecule has 0 saturated carbocycles. The maximum absolute atomic E-state index is 10.6. The number of hydrogen-bond acceptors (Lipinski definition) is 4. The maximum Gasteiger partial charge on any atom is 0.308 e. The van der Waals surface area contributed by atoms with Gasteiger partial charge in [0.25, 0.3) is 0 Å². The summed E-state index contributed by atoms with van der Waals surface area (Å²) < 4.78 is 4.77. The van der Waals surface area contributed by atoms with Gasteiger partial charge in [0.05, 0.1) is 6.42 Å². The maximum atomic E-state index is 10.6. The van der Waals surface area contributed by atoms with Crippen LogP contribution in [0.3, 0.4) is 0 Å². The first-order valence-corrected chi connectivity index (χ1v) is 4.33. The minimum absolute atomic E-state index is 0.0961. The van der Waals surface area contributed by atoms with Crippen molar-refractivity contribution in [2.24, 2.45) is 0 Å². The SMILES string of the molecule is O=C(O)Cc1conc1-c1ccncc1. The molecule has 0 saturated heterocycles. The summed E-state index contributed by atoms with van der Waals surface area (Å²) in [6, 6.07) is 3.51. The largest absolute Gasteiger partial charge is 0.481 e. The lowest BCUT2D eigenvalue weighted by Crippen LogP contribution is -2.00. The zero-order chi connectivity index (χ0) is 10.7. The van der Waals surface area contributed by atoms with Crippen LogP contribution in [-0.2, 0) is 11.2 Å². The smallest absolute Gasteiger partial charge is 0.308 e. The fourth-order valence-electron chi connectivity index (χ4n) is 1.29. The Kier molecular flexibility index (Phi) is 2.45. The van der Waals surface area contributed by atoms with Gasteiger partial charge in [0.1, 0.15) is 12.0 Å². The van der Waals surface area contributed by atoms with Crippen LogP contribution in [0, 0.1) is 0 Å². The van der Waals surface area contributed by atoms with Crippen LogP contribution >= 0.6 is 0 Å². The van der Waals surface area contributed by atoms with Gasteiger partial charge in [-0.15, -0.1) is 0 Å². The van der Waals surface area contributed by atoms with E-state index in [9.17, 15) is 4.79 Å². The minimum atomic E-state index is -0.909. The van der Waals surface area contributed by atoms with Crippen molar-refractivity contribution >= 4 is 5.97 Å². The number of aromatic nitrogens is 2. The molecule has 0 bridgehead atoms. The van der Waals surface area contributed by atoms with E-state index < -0.39 is 5.97 Å². The highest BCUT2D eigenvalue weighted by Gasteiger charge is 2.12. The number of rotatable bonds is 3. The highest BCUT2D eigenvalue weighted by atomic mass is 16.5. The molecule has 1 N–H and O–H groups in total. The third-order valence-corrected chi connectivity index (χ3v) is 1.94. The van der Waals surface area contributed by atoms with Crippen molar-refractivity contribution in [1.29, 1.82) is 0 Å². The highest BCUT2D eigenvalue weighted by Crippen LogP contribution is 2.21. The minimum Gasteiger partial charge on any atom is -0.481 e. The second-order valence-electron chi connectivity index (χ2n) is 2.99. The summed E-state index contributed by atoms with van der Waals surface area (Å²) >= 11 is 0. The lowest BCUT2D eigenvalue weighted by molar-refractivity contribution is -0.136. The molecule has 0 aliphatic heterocycles. The fraction of sp³-hybridized carbons (Fsp3) is 0.100. The second-order valence-corrected chi connectivity index (χ2v) is 2.99. The summed E-state index contributed by atoms with van der Waals surface area (Å²) in [5.41, 5.74) is 1.92. The van der Waals surface area contributed by atoms with Crippen molar-refractivity contribution in [3.8, 4) is 11.3 Å². The molecule has 2 aromatic heterocycles. The van der Waals surface area contributed by atoms with Gasteiger partial charge in [-0.2, -0.15) is 0 Å². The monoisotopic (exact) mass is 204 g/mol. The third kappa shape index (κ3) is 2.01. The van der Waals surface area contributed by atoms with Crippen molar-refractivity contribution in [2.45, 2.75) is 6.42 Å². The van der Waals surface area contributed by atoms with Crippen LogP contribution in [0.15, 0.2) is 35.3 Å². The van der Waals surface area contributed by atoms with E-state index in [1.807, 2.05) is 0 Å². The number of carboxylic acid groups (broad SMARTS) is 1. The summed E-state index contributed by atoms with van der Waals surface area (Å²) in [4.78, 5) is 14.4. The van der Waals surface area contributed by atoms with Gasteiger partial charge in [0.2, 0.25) is 0 Å². The lowest BCUT2D eigenvalue weighted by atomic mass is 10.1. The van der Waals surface area contributed by atoms with E-state index in [1.165, 1.54) is 6.26 Å². The van der Waals surface area contributed by atoms with Crippen LogP contribution in [0.1, 0.15) is 5.56 Å². The summed E-state index contributed by atoms with van der Waals surface area (Å²) in [5, 5.41) is 12.4. The quantitative estimate of drug-likeness (QED) is 0.816. The summed E-state index contributed by atoms with van der Waals surface area (Å²) in [6.45, 7) is 0. The van der Waals surface area contributed by atoms with E-state index >= 15 is 0 Å². The molecule has 15 heavy (non-hydrogen) atoms. The number of nitrogens with zero attached hydrogens (tertiary/aromatic N) is 2. The molecule has 0 unspecified atom stereocenters. The molecule has 2 heterocycles. The van der Waals surface area contributed by atoms with E-state index in [1.54, 1.807) is 24.5 Å².